The standard InChI is InChI=1S/C12H25NO2S/c1-10(2)16(14,15)8-7-12(3,4)9-13-11-5-6-11/h10-11,13H,5-9H2,1-4H3. The van der Waals surface area contributed by atoms with Gasteiger partial charge in [0.1, 0.15) is 0 Å². The van der Waals surface area contributed by atoms with Crippen LogP contribution in [0.2, 0.25) is 0 Å². The molecule has 0 radical (unpaired) electrons. The largest absolute Gasteiger partial charge is 0.313 e. The molecule has 0 amide bonds. The van der Waals surface area contributed by atoms with E-state index in [1.54, 1.807) is 13.8 Å². The SMILES string of the molecule is CC(C)S(=O)(=O)CCC(C)(C)CNC1CC1. The van der Waals surface area contributed by atoms with Crippen LogP contribution in [0.5, 0.6) is 0 Å². The molecule has 4 heteroatoms. The molecule has 0 bridgehead atoms. The molecule has 1 aliphatic carbocycles. The van der Waals surface area contributed by atoms with Crippen LogP contribution in [0.25, 0.3) is 0 Å². The van der Waals surface area contributed by atoms with Crippen molar-refractivity contribution < 1.29 is 8.42 Å². The van der Waals surface area contributed by atoms with E-state index in [0.29, 0.717) is 11.8 Å². The fourth-order valence-corrected chi connectivity index (χ4v) is 2.76. The summed E-state index contributed by atoms with van der Waals surface area (Å²) in [6.07, 6.45) is 3.30. The van der Waals surface area contributed by atoms with E-state index in [1.807, 2.05) is 0 Å². The molecular weight excluding hydrogens is 222 g/mol. The maximum atomic E-state index is 11.7. The monoisotopic (exact) mass is 247 g/mol. The molecule has 1 saturated carbocycles. The van der Waals surface area contributed by atoms with Crippen molar-refractivity contribution >= 4 is 9.84 Å². The molecule has 16 heavy (non-hydrogen) atoms. The predicted octanol–water partition coefficient (Wildman–Crippen LogP) is 1.98. The molecule has 0 atom stereocenters. The molecule has 0 aromatic heterocycles. The van der Waals surface area contributed by atoms with Crippen molar-refractivity contribution in [2.75, 3.05) is 12.3 Å². The van der Waals surface area contributed by atoms with E-state index in [2.05, 4.69) is 19.2 Å². The average Bonchev–Trinajstić information content (AvgIpc) is 2.95. The van der Waals surface area contributed by atoms with E-state index in [-0.39, 0.29) is 10.7 Å². The van der Waals surface area contributed by atoms with Crippen LogP contribution in [-0.2, 0) is 9.84 Å². The van der Waals surface area contributed by atoms with Gasteiger partial charge in [-0.15, -0.1) is 0 Å². The van der Waals surface area contributed by atoms with Crippen LogP contribution < -0.4 is 5.32 Å². The van der Waals surface area contributed by atoms with Crippen molar-refractivity contribution in [3.05, 3.63) is 0 Å². The Balaban J connectivity index is 2.33. The van der Waals surface area contributed by atoms with Gasteiger partial charge >= 0.3 is 0 Å². The molecule has 0 heterocycles. The third-order valence-corrected chi connectivity index (χ3v) is 5.44. The molecule has 0 spiro atoms. The molecule has 3 nitrogen and oxygen atoms in total. The second-order valence-electron chi connectivity index (χ2n) is 5.99. The van der Waals surface area contributed by atoms with Crippen LogP contribution >= 0.6 is 0 Å². The zero-order chi connectivity index (χ0) is 12.4. The molecule has 0 saturated heterocycles. The topological polar surface area (TPSA) is 46.2 Å². The first-order chi connectivity index (χ1) is 7.23. The van der Waals surface area contributed by atoms with E-state index in [1.165, 1.54) is 12.8 Å². The number of nitrogens with one attached hydrogen (secondary N) is 1. The Kier molecular flexibility index (Phi) is 4.41. The molecule has 1 rings (SSSR count). The molecule has 0 aliphatic heterocycles. The average molecular weight is 247 g/mol. The van der Waals surface area contributed by atoms with Gasteiger partial charge in [0.15, 0.2) is 9.84 Å². The van der Waals surface area contributed by atoms with Gasteiger partial charge in [0.25, 0.3) is 0 Å². The first-order valence-corrected chi connectivity index (χ1v) is 7.89. The van der Waals surface area contributed by atoms with Crippen LogP contribution in [0, 0.1) is 5.41 Å². The maximum Gasteiger partial charge on any atom is 0.152 e. The van der Waals surface area contributed by atoms with Gasteiger partial charge in [-0.05, 0) is 38.5 Å². The number of sulfone groups is 1. The van der Waals surface area contributed by atoms with Gasteiger partial charge < -0.3 is 5.32 Å². The van der Waals surface area contributed by atoms with Crippen molar-refractivity contribution in [2.24, 2.45) is 5.41 Å². The second kappa shape index (κ2) is 5.05. The molecule has 0 aromatic rings. The molecule has 1 aliphatic rings. The van der Waals surface area contributed by atoms with E-state index < -0.39 is 9.84 Å². The lowest BCUT2D eigenvalue weighted by Gasteiger charge is -2.25. The summed E-state index contributed by atoms with van der Waals surface area (Å²) in [5.74, 6) is 0.310. The van der Waals surface area contributed by atoms with E-state index >= 15 is 0 Å². The number of rotatable bonds is 7. The third-order valence-electron chi connectivity index (χ3n) is 3.23. The summed E-state index contributed by atoms with van der Waals surface area (Å²) >= 11 is 0. The minimum absolute atomic E-state index is 0.0740. The summed E-state index contributed by atoms with van der Waals surface area (Å²) < 4.78 is 23.4. The molecule has 0 unspecified atom stereocenters. The fourth-order valence-electron chi connectivity index (χ4n) is 1.45. The van der Waals surface area contributed by atoms with Gasteiger partial charge in [-0.25, -0.2) is 8.42 Å². The zero-order valence-corrected chi connectivity index (χ0v) is 11.7. The van der Waals surface area contributed by atoms with Crippen molar-refractivity contribution in [3.63, 3.8) is 0 Å². The lowest BCUT2D eigenvalue weighted by molar-refractivity contribution is 0.327. The summed E-state index contributed by atoms with van der Waals surface area (Å²) in [4.78, 5) is 0. The highest BCUT2D eigenvalue weighted by Crippen LogP contribution is 2.25. The van der Waals surface area contributed by atoms with Crippen LogP contribution in [-0.4, -0.2) is 32.0 Å². The Hall–Kier alpha value is -0.0900. The molecular formula is C12H25NO2S. The van der Waals surface area contributed by atoms with Gasteiger partial charge in [-0.1, -0.05) is 13.8 Å². The lowest BCUT2D eigenvalue weighted by atomic mass is 9.90. The normalized spacial score (nSPS) is 18.1. The summed E-state index contributed by atoms with van der Waals surface area (Å²) in [6, 6.07) is 0.695. The van der Waals surface area contributed by atoms with Gasteiger partial charge in [0.05, 0.1) is 11.0 Å². The van der Waals surface area contributed by atoms with E-state index in [0.717, 1.165) is 13.0 Å². The first kappa shape index (κ1) is 14.0. The molecule has 0 aromatic carbocycles. The van der Waals surface area contributed by atoms with E-state index in [4.69, 9.17) is 0 Å². The van der Waals surface area contributed by atoms with Crippen molar-refractivity contribution in [2.45, 2.75) is 58.2 Å². The highest BCUT2D eigenvalue weighted by Gasteiger charge is 2.27. The Labute approximate surface area is 99.9 Å². The number of hydrogen-bond acceptors (Lipinski definition) is 3. The Bertz CT molecular complexity index is 316. The van der Waals surface area contributed by atoms with Crippen molar-refractivity contribution in [3.8, 4) is 0 Å². The van der Waals surface area contributed by atoms with Crippen LogP contribution in [0.1, 0.15) is 47.0 Å². The third kappa shape index (κ3) is 4.83. The fraction of sp³-hybridized carbons (Fsp3) is 1.00. The minimum Gasteiger partial charge on any atom is -0.313 e. The summed E-state index contributed by atoms with van der Waals surface area (Å²) in [5, 5.41) is 3.22. The van der Waals surface area contributed by atoms with E-state index in [9.17, 15) is 8.42 Å². The van der Waals surface area contributed by atoms with Crippen LogP contribution in [0.15, 0.2) is 0 Å². The van der Waals surface area contributed by atoms with Crippen LogP contribution in [0.4, 0.5) is 0 Å². The quantitative estimate of drug-likeness (QED) is 0.748. The Morgan fingerprint density at radius 1 is 1.31 bits per heavy atom. The van der Waals surface area contributed by atoms with Crippen molar-refractivity contribution in [1.29, 1.82) is 0 Å². The summed E-state index contributed by atoms with van der Waals surface area (Å²) in [6.45, 7) is 8.71. The van der Waals surface area contributed by atoms with Crippen LogP contribution in [0.3, 0.4) is 0 Å². The molecule has 1 N–H and O–H groups in total. The molecule has 96 valence electrons. The Morgan fingerprint density at radius 2 is 1.88 bits per heavy atom. The highest BCUT2D eigenvalue weighted by molar-refractivity contribution is 7.91. The Morgan fingerprint density at radius 3 is 2.31 bits per heavy atom. The lowest BCUT2D eigenvalue weighted by Crippen LogP contribution is -2.33. The zero-order valence-electron chi connectivity index (χ0n) is 10.9. The van der Waals surface area contributed by atoms with Gasteiger partial charge in [-0.3, -0.25) is 0 Å². The predicted molar refractivity (Wildman–Crippen MR) is 68.3 cm³/mol. The minimum atomic E-state index is -2.88. The maximum absolute atomic E-state index is 11.7. The van der Waals surface area contributed by atoms with Crippen molar-refractivity contribution in [1.82, 2.24) is 5.32 Å². The van der Waals surface area contributed by atoms with Gasteiger partial charge in [0, 0.05) is 12.6 Å². The van der Waals surface area contributed by atoms with Gasteiger partial charge in [0.2, 0.25) is 0 Å². The second-order valence-corrected chi connectivity index (χ2v) is 8.66. The molecule has 1 fully saturated rings. The highest BCUT2D eigenvalue weighted by atomic mass is 32.2. The first-order valence-electron chi connectivity index (χ1n) is 6.18. The summed E-state index contributed by atoms with van der Waals surface area (Å²) in [7, 11) is -2.88. The van der Waals surface area contributed by atoms with Gasteiger partial charge in [-0.2, -0.15) is 0 Å². The summed E-state index contributed by atoms with van der Waals surface area (Å²) in [5.41, 5.74) is 0.0740. The number of hydrogen-bond donors (Lipinski definition) is 1. The smallest absolute Gasteiger partial charge is 0.152 e.